The fourth-order valence-corrected chi connectivity index (χ4v) is 11.0. The summed E-state index contributed by atoms with van der Waals surface area (Å²) in [7, 11) is 0. The second kappa shape index (κ2) is 62.9. The van der Waals surface area contributed by atoms with Gasteiger partial charge in [0.05, 0.1) is 19.6 Å². The first-order valence-electron chi connectivity index (χ1n) is 59.0. The molecular weight excluding hydrogens is 1560 g/mol. The number of ether oxygens (including phenoxy) is 7. The Morgan fingerprint density at radius 1 is 0.375 bits per heavy atom. The van der Waals surface area contributed by atoms with Crippen molar-refractivity contribution in [2.45, 2.75) is 357 Å². The molecule has 4 rings (SSSR count). The van der Waals surface area contributed by atoms with E-state index in [9.17, 15) is 67.1 Å². The Morgan fingerprint density at radius 3 is 0.875 bits per heavy atom. The number of epoxide rings is 4. The normalized spacial score (nSPS) is 28.3. The first kappa shape index (κ1) is 65.5. The Bertz CT molecular complexity index is 4730. The van der Waals surface area contributed by atoms with E-state index in [1.165, 1.54) is 62.3 Å². The van der Waals surface area contributed by atoms with Gasteiger partial charge in [-0.05, 0) is 190 Å². The zero-order chi connectivity index (χ0) is 125. The van der Waals surface area contributed by atoms with Crippen molar-refractivity contribution in [3.8, 4) is 0 Å². The average Bonchev–Trinajstić information content (AvgIpc) is 0.946. The number of hydrogen-bond donors (Lipinski definition) is 6. The zero-order valence-corrected chi connectivity index (χ0v) is 75.3. The van der Waals surface area contributed by atoms with Crippen molar-refractivity contribution in [1.29, 1.82) is 0 Å². The maximum atomic E-state index is 12.7. The molecule has 0 spiro atoms. The Morgan fingerprint density at radius 2 is 0.642 bits per heavy atom. The molecule has 6 unspecified atom stereocenters. The Kier molecular flexibility index (Phi) is 34.3. The highest BCUT2D eigenvalue weighted by Gasteiger charge is 2.53. The molecule has 0 radical (unpaired) electrons. The molecule has 4 saturated heterocycles. The van der Waals surface area contributed by atoms with E-state index in [-0.39, 0.29) is 131 Å². The maximum Gasteiger partial charge on any atom is 0.338 e. The lowest BCUT2D eigenvalue weighted by atomic mass is 9.90. The Labute approximate surface area is 782 Å². The van der Waals surface area contributed by atoms with E-state index >= 15 is 0 Å². The number of carbonyl (C=O) groups excluding carboxylic acids is 14. The summed E-state index contributed by atoms with van der Waals surface area (Å²) in [5, 5.41) is 11.6. The van der Waals surface area contributed by atoms with E-state index in [4.69, 9.17) is 91.0 Å². The topological polar surface area (TPSA) is 403 Å². The molecule has 19 atom stereocenters. The van der Waals surface area contributed by atoms with Gasteiger partial charge in [0.15, 0.2) is 59.1 Å². The molecule has 0 aromatic carbocycles. The van der Waals surface area contributed by atoms with Crippen molar-refractivity contribution >= 4 is 94.6 Å². The highest BCUT2D eigenvalue weighted by atomic mass is 35.5. The molecule has 4 aliphatic rings. The number of amides is 5. The van der Waals surface area contributed by atoms with E-state index < -0.39 is 295 Å². The number of nitrogens with two attached hydrogens (primary N) is 1. The minimum absolute atomic E-state index is 0. The second-order valence-corrected chi connectivity index (χ2v) is 32.3. The Balaban J connectivity index is -0.00000184. The fraction of sp³-hybridized carbons (Fsp3) is 0.848. The lowest BCUT2D eigenvalue weighted by molar-refractivity contribution is -0.157. The summed E-state index contributed by atoms with van der Waals surface area (Å²) in [6.07, 6.45) is -17.3. The van der Waals surface area contributed by atoms with E-state index in [1.807, 2.05) is 46.9 Å². The van der Waals surface area contributed by atoms with E-state index in [0.29, 0.717) is 12.8 Å². The van der Waals surface area contributed by atoms with Gasteiger partial charge in [0.1, 0.15) is 30.0 Å². The van der Waals surface area contributed by atoms with Gasteiger partial charge in [0.2, 0.25) is 29.5 Å². The molecule has 4 fully saturated rings. The van der Waals surface area contributed by atoms with Crippen LogP contribution >= 0.6 is 12.4 Å². The van der Waals surface area contributed by atoms with Crippen molar-refractivity contribution in [1.82, 2.24) is 26.6 Å². The zero-order valence-electron chi connectivity index (χ0n) is 113. The van der Waals surface area contributed by atoms with Gasteiger partial charge < -0.3 is 65.5 Å². The fourth-order valence-electron chi connectivity index (χ4n) is 11.0. The summed E-state index contributed by atoms with van der Waals surface area (Å²) in [5.74, 6) is -27.7. The van der Waals surface area contributed by atoms with Crippen LogP contribution in [0.5, 0.6) is 0 Å². The number of carbonyl (C=O) groups is 14. The molecule has 120 heavy (non-hydrogen) atoms. The molecular formula is C92H167ClN6O21. The number of nitrogens with one attached hydrogen (secondary N) is 5. The monoisotopic (exact) mass is 1770 g/mol. The van der Waals surface area contributed by atoms with Gasteiger partial charge in [0, 0.05) is 140 Å². The smallest absolute Gasteiger partial charge is 0.338 e. The molecule has 698 valence electrons. The van der Waals surface area contributed by atoms with E-state index in [0.717, 1.165) is 20.8 Å². The number of esters is 3. The van der Waals surface area contributed by atoms with Crippen LogP contribution in [0.1, 0.15) is 355 Å². The van der Waals surface area contributed by atoms with Crippen LogP contribution in [-0.2, 0) is 100 Å². The largest absolute Gasteiger partial charge is 0.464 e. The molecule has 7 N–H and O–H groups in total. The van der Waals surface area contributed by atoms with Gasteiger partial charge in [-0.3, -0.25) is 57.5 Å². The SMILES string of the molecule is Cl.[2H]C(C)(C)C([2H])([2H])C([2H])([2H])NC(=O)[C@@H](CC(=O)OC(C)(C)C)CC(C)C.[2H]C(C)(C)C([2H])([2H])C([2H])([2H])NC(=O)[C@@H](CC(=O)[C@H]1O[C@@H]1C(=O)OCC)CC(C)C.[2H]C([2H])([2H])C([2H])(C)C([2H])([2H])C([2H])([2H])N.[2H]C([2H])([2H])C([2H])(C)CCNC(=O)[C@@H](CC(=O)[C@H]1O[C@@H]1C(=O)OCC)CC([2H])(C)C([2H])([2H])[2H].[2H]C([2H])([2H])C([2H])(C)CCNC(=O)[C@@H](CC(=O)[C@H]1O[C@@H]1C(C)=O)CC(C)C.[2H]C([2H])([2H])C([2H])(C)CCNC(=O)[C@@H](CC(=O)[C@H]1O[C@@H]1C(C)=O)CC([2H])(C)C([2H])([2H])[2H]. The third kappa shape index (κ3) is 58.1. The van der Waals surface area contributed by atoms with Crippen LogP contribution in [0.4, 0.5) is 0 Å². The molecule has 0 aliphatic carbocycles. The minimum Gasteiger partial charge on any atom is -0.464 e. The first-order chi connectivity index (χ1) is 69.5. The van der Waals surface area contributed by atoms with Crippen molar-refractivity contribution in [3.63, 3.8) is 0 Å². The van der Waals surface area contributed by atoms with Crippen molar-refractivity contribution < 1.29 is 152 Å². The lowest BCUT2D eigenvalue weighted by Gasteiger charge is -2.23. The van der Waals surface area contributed by atoms with Gasteiger partial charge in [-0.15, -0.1) is 12.4 Å². The van der Waals surface area contributed by atoms with Crippen LogP contribution in [-0.4, -0.2) is 189 Å². The first-order valence-corrected chi connectivity index (χ1v) is 40.0. The Hall–Kier alpha value is -6.13. The van der Waals surface area contributed by atoms with Gasteiger partial charge in [-0.1, -0.05) is 152 Å². The highest BCUT2D eigenvalue weighted by Crippen LogP contribution is 2.33. The van der Waals surface area contributed by atoms with Crippen molar-refractivity contribution in [2.24, 2.45) is 100 Å². The van der Waals surface area contributed by atoms with Crippen LogP contribution in [0, 0.1) is 94.5 Å². The van der Waals surface area contributed by atoms with E-state index in [1.54, 1.807) is 34.6 Å². The number of halogens is 1. The molecule has 5 amide bonds. The van der Waals surface area contributed by atoms with Crippen LogP contribution in [0.3, 0.4) is 0 Å². The molecule has 0 bridgehead atoms. The predicted octanol–water partition coefficient (Wildman–Crippen LogP) is 13.4. The van der Waals surface area contributed by atoms with Crippen LogP contribution in [0.25, 0.3) is 0 Å². The number of Topliss-reactive ketones (excluding diaryl/α,β-unsaturated/α-hetero) is 6. The van der Waals surface area contributed by atoms with Crippen LogP contribution in [0.2, 0.25) is 0 Å². The average molecular weight is 1770 g/mol. The summed E-state index contributed by atoms with van der Waals surface area (Å²) >= 11 is 0. The summed E-state index contributed by atoms with van der Waals surface area (Å²) in [5.41, 5.74) is 4.19. The molecule has 0 saturated carbocycles. The van der Waals surface area contributed by atoms with Crippen molar-refractivity contribution in [2.75, 3.05) is 52.3 Å². The summed E-state index contributed by atoms with van der Waals surface area (Å²) in [4.78, 5) is 170. The quantitative estimate of drug-likeness (QED) is 0.0187. The maximum absolute atomic E-state index is 12.7. The van der Waals surface area contributed by atoms with E-state index in [2.05, 4.69) is 21.3 Å². The van der Waals surface area contributed by atoms with Gasteiger partial charge in [-0.2, -0.15) is 0 Å². The third-order valence-electron chi connectivity index (χ3n) is 16.6. The number of rotatable bonds is 52. The summed E-state index contributed by atoms with van der Waals surface area (Å²) < 4.78 is 322. The lowest BCUT2D eigenvalue weighted by Crippen LogP contribution is -2.35. The standard InChI is InChI=1S/2C18H31NO5.2C17H29NO4.C17H33NO3.C5H13N.ClH/c2*1-6-23-18(22)16-15(24-16)14(20)10-13(9-12(4)5)17(21)19-8-7-11(2)3;2*1-10(2)6-7-18-17(21)13(8-11(3)4)9-14(20)16-15(22-16)12(5)19;1-12(2)8-9-18-16(20)14(10-13(3)4)11-15(19)21-17(5,6)7;1-5(2)3-4-6;/h2*11-13,15-16H,6-10H2,1-5H3,(H,19,21);2*10-11,13,15-16H,6-9H2,1-5H3,(H,18,21);12-14H,8-11H2,1-7H3,(H,18,20);5H,3-4,6H2,1-2H3;1H/t2*13-,15-,16+;2*13-,15-,16-;14-;;/m11111../s1/i2D3,4D3,11D,12D;7D2,8D2,11D;1D3,3D3,10D,11D;1D3,10D;8D2,9D2,12D;1D3,3D2,4D2,5D;/t11?,12?,13-,15-,16+;m;10?,11?,13-,15-,16-;10?,13-,15-,16-;m;;. The number of hydrogen-bond acceptors (Lipinski definition) is 22. The van der Waals surface area contributed by atoms with Crippen LogP contribution in [0.15, 0.2) is 0 Å². The summed E-state index contributed by atoms with van der Waals surface area (Å²) in [6, 6.07) is 0. The third-order valence-corrected chi connectivity index (χ3v) is 16.6. The second-order valence-electron chi connectivity index (χ2n) is 32.3. The molecule has 0 aromatic rings. The molecule has 0 aromatic heterocycles. The highest BCUT2D eigenvalue weighted by molar-refractivity contribution is 6.00. The molecule has 27 nitrogen and oxygen atoms in total. The molecule has 4 aliphatic heterocycles. The van der Waals surface area contributed by atoms with Gasteiger partial charge in [0.25, 0.3) is 0 Å². The minimum atomic E-state index is -2.97. The number of ketones is 6. The van der Waals surface area contributed by atoms with Gasteiger partial charge in [-0.25, -0.2) is 9.59 Å². The summed E-state index contributed by atoms with van der Waals surface area (Å²) in [6.45, 7) is 9.58. The predicted molar refractivity (Wildman–Crippen MR) is 471 cm³/mol. The molecule has 4 heterocycles. The van der Waals surface area contributed by atoms with Gasteiger partial charge >= 0.3 is 17.9 Å². The van der Waals surface area contributed by atoms with Crippen LogP contribution < -0.4 is 32.3 Å². The molecule has 28 heteroatoms. The van der Waals surface area contributed by atoms with Crippen molar-refractivity contribution in [3.05, 3.63) is 0 Å².